The van der Waals surface area contributed by atoms with Crippen LogP contribution in [-0.2, 0) is 0 Å². The van der Waals surface area contributed by atoms with Gasteiger partial charge in [-0.1, -0.05) is 0 Å². The van der Waals surface area contributed by atoms with Gasteiger partial charge in [0.25, 0.3) is 0 Å². The van der Waals surface area contributed by atoms with E-state index in [2.05, 4.69) is 21.6 Å². The van der Waals surface area contributed by atoms with E-state index in [4.69, 9.17) is 9.68 Å². The van der Waals surface area contributed by atoms with Crippen LogP contribution >= 0.6 is 15.9 Å². The molecule has 1 aliphatic rings. The number of hydrogen-bond donors (Lipinski definition) is 1. The summed E-state index contributed by atoms with van der Waals surface area (Å²) in [6, 6.07) is 2.77. The van der Waals surface area contributed by atoms with E-state index in [-0.39, 0.29) is 10.3 Å². The van der Waals surface area contributed by atoms with E-state index in [1.807, 2.05) is 0 Å². The summed E-state index contributed by atoms with van der Waals surface area (Å²) in [6.07, 6.45) is 0. The van der Waals surface area contributed by atoms with Gasteiger partial charge in [-0.2, -0.15) is 0 Å². The molecule has 11 heavy (non-hydrogen) atoms. The molecule has 5 heteroatoms. The Bertz CT molecular complexity index is 305. The van der Waals surface area contributed by atoms with E-state index in [0.29, 0.717) is 11.5 Å². The van der Waals surface area contributed by atoms with Crippen LogP contribution in [-0.4, -0.2) is 0 Å². The molecule has 0 amide bonds. The number of hydrogen-bond acceptors (Lipinski definition) is 3. The molecule has 1 N–H and O–H groups in total. The van der Waals surface area contributed by atoms with Crippen molar-refractivity contribution in [2.24, 2.45) is 0 Å². The average Bonchev–Trinajstić information content (AvgIpc) is 2.45. The van der Waals surface area contributed by atoms with Crippen LogP contribution in [0.25, 0.3) is 0 Å². The van der Waals surface area contributed by atoms with Gasteiger partial charge in [-0.05, 0) is 28.1 Å². The fourth-order valence-electron chi connectivity index (χ4n) is 0.797. The zero-order valence-electron chi connectivity index (χ0n) is 5.23. The minimum absolute atomic E-state index is 0.264. The van der Waals surface area contributed by atoms with Crippen molar-refractivity contribution in [2.45, 2.75) is 0 Å². The molecule has 1 aliphatic heterocycles. The molecule has 1 aromatic carbocycles. The fraction of sp³-hybridized carbons (Fsp3) is 0. The molecule has 3 nitrogen and oxygen atoms in total. The van der Waals surface area contributed by atoms with Crippen LogP contribution in [0.15, 0.2) is 16.6 Å². The van der Waals surface area contributed by atoms with Gasteiger partial charge in [0.15, 0.2) is 5.75 Å². The van der Waals surface area contributed by atoms with Crippen molar-refractivity contribution in [3.05, 3.63) is 22.4 Å². The zero-order valence-corrected chi connectivity index (χ0v) is 6.81. The Labute approximate surface area is 70.1 Å². The third-order valence-electron chi connectivity index (χ3n) is 1.31. The van der Waals surface area contributed by atoms with Crippen molar-refractivity contribution in [3.63, 3.8) is 0 Å². The first-order chi connectivity index (χ1) is 5.29. The second-order valence-electron chi connectivity index (χ2n) is 1.98. The Balaban J connectivity index is 2.62. The van der Waals surface area contributed by atoms with Crippen molar-refractivity contribution < 1.29 is 14.1 Å². The molecular formula is C6H3BrFNO2. The number of rotatable bonds is 0. The average molecular weight is 220 g/mol. The predicted octanol–water partition coefficient (Wildman–Crippen LogP) is 1.78. The molecule has 0 aliphatic carbocycles. The second kappa shape index (κ2) is 2.35. The monoisotopic (exact) mass is 219 g/mol. The van der Waals surface area contributed by atoms with E-state index in [1.165, 1.54) is 12.1 Å². The quantitative estimate of drug-likeness (QED) is 0.722. The standard InChI is InChI=1S/C6H3BrFNO2/c7-5-3(8)1-2-4-6(5)11-9-10-4/h1-2,9H. The predicted molar refractivity (Wildman–Crippen MR) is 38.5 cm³/mol. The lowest BCUT2D eigenvalue weighted by atomic mass is 10.3. The number of benzene rings is 1. The summed E-state index contributed by atoms with van der Waals surface area (Å²) in [5.41, 5.74) is 2.16. The summed E-state index contributed by atoms with van der Waals surface area (Å²) in [4.78, 5) is 9.52. The van der Waals surface area contributed by atoms with E-state index < -0.39 is 0 Å². The second-order valence-corrected chi connectivity index (χ2v) is 2.77. The highest BCUT2D eigenvalue weighted by atomic mass is 79.9. The summed E-state index contributed by atoms with van der Waals surface area (Å²) in [5, 5.41) is 0. The van der Waals surface area contributed by atoms with Crippen LogP contribution < -0.4 is 15.3 Å². The molecule has 1 heterocycles. The SMILES string of the molecule is Fc1ccc2c(c1Br)ONO2. The highest BCUT2D eigenvalue weighted by Crippen LogP contribution is 2.38. The lowest BCUT2D eigenvalue weighted by Crippen LogP contribution is -2.14. The van der Waals surface area contributed by atoms with Crippen molar-refractivity contribution in [2.75, 3.05) is 0 Å². The van der Waals surface area contributed by atoms with Crippen LogP contribution in [0.3, 0.4) is 0 Å². The van der Waals surface area contributed by atoms with Crippen molar-refractivity contribution >= 4 is 15.9 Å². The summed E-state index contributed by atoms with van der Waals surface area (Å²) in [7, 11) is 0. The molecule has 1 aromatic rings. The smallest absolute Gasteiger partial charge is 0.213 e. The minimum Gasteiger partial charge on any atom is -0.370 e. The molecule has 0 saturated heterocycles. The van der Waals surface area contributed by atoms with Crippen LogP contribution in [0.5, 0.6) is 11.5 Å². The summed E-state index contributed by atoms with van der Waals surface area (Å²) < 4.78 is 13.0. The van der Waals surface area contributed by atoms with Crippen LogP contribution in [0.2, 0.25) is 0 Å². The summed E-state index contributed by atoms with van der Waals surface area (Å²) >= 11 is 3.01. The summed E-state index contributed by atoms with van der Waals surface area (Å²) in [6.45, 7) is 0. The Morgan fingerprint density at radius 3 is 3.00 bits per heavy atom. The number of nitrogens with one attached hydrogen (secondary N) is 1. The van der Waals surface area contributed by atoms with E-state index >= 15 is 0 Å². The Hall–Kier alpha value is -0.810. The topological polar surface area (TPSA) is 30.5 Å². The highest BCUT2D eigenvalue weighted by Gasteiger charge is 2.19. The molecular weight excluding hydrogens is 217 g/mol. The third-order valence-corrected chi connectivity index (χ3v) is 2.05. The maximum Gasteiger partial charge on any atom is 0.213 e. The van der Waals surface area contributed by atoms with Gasteiger partial charge in [-0.15, -0.1) is 0 Å². The van der Waals surface area contributed by atoms with Crippen molar-refractivity contribution in [1.29, 1.82) is 0 Å². The van der Waals surface area contributed by atoms with Gasteiger partial charge < -0.3 is 9.68 Å². The lowest BCUT2D eigenvalue weighted by molar-refractivity contribution is 0.0255. The van der Waals surface area contributed by atoms with E-state index in [0.717, 1.165) is 0 Å². The molecule has 0 bridgehead atoms. The first-order valence-corrected chi connectivity index (χ1v) is 3.65. The molecule has 0 aromatic heterocycles. The Kier molecular flexibility index (Phi) is 1.47. The maximum atomic E-state index is 12.8. The number of fused-ring (bicyclic) bond motifs is 1. The molecule has 58 valence electrons. The third kappa shape index (κ3) is 0.965. The first-order valence-electron chi connectivity index (χ1n) is 2.86. The molecule has 0 radical (unpaired) electrons. The van der Waals surface area contributed by atoms with E-state index in [9.17, 15) is 4.39 Å². The van der Waals surface area contributed by atoms with Crippen LogP contribution in [0, 0.1) is 5.82 Å². The van der Waals surface area contributed by atoms with Gasteiger partial charge in [-0.25, -0.2) is 4.39 Å². The van der Waals surface area contributed by atoms with Gasteiger partial charge in [0.05, 0.1) is 0 Å². The Morgan fingerprint density at radius 1 is 1.36 bits per heavy atom. The van der Waals surface area contributed by atoms with Gasteiger partial charge in [-0.3, -0.25) is 0 Å². The minimum atomic E-state index is -0.379. The number of halogens is 2. The maximum absolute atomic E-state index is 12.8. The Morgan fingerprint density at radius 2 is 2.18 bits per heavy atom. The molecule has 0 saturated carbocycles. The van der Waals surface area contributed by atoms with Crippen molar-refractivity contribution in [3.8, 4) is 11.5 Å². The van der Waals surface area contributed by atoms with Gasteiger partial charge in [0.1, 0.15) is 10.3 Å². The van der Waals surface area contributed by atoms with Crippen LogP contribution in [0.4, 0.5) is 4.39 Å². The fourth-order valence-corrected chi connectivity index (χ4v) is 1.21. The van der Waals surface area contributed by atoms with Gasteiger partial charge in [0.2, 0.25) is 5.75 Å². The normalized spacial score (nSPS) is 13.6. The van der Waals surface area contributed by atoms with Gasteiger partial charge >= 0.3 is 0 Å². The highest BCUT2D eigenvalue weighted by molar-refractivity contribution is 9.10. The zero-order chi connectivity index (χ0) is 7.84. The van der Waals surface area contributed by atoms with Gasteiger partial charge in [0, 0.05) is 5.64 Å². The van der Waals surface area contributed by atoms with Crippen LogP contribution in [0.1, 0.15) is 0 Å². The lowest BCUT2D eigenvalue weighted by Gasteiger charge is -1.96. The largest absolute Gasteiger partial charge is 0.370 e. The molecule has 0 spiro atoms. The van der Waals surface area contributed by atoms with Crippen molar-refractivity contribution in [1.82, 2.24) is 5.64 Å². The van der Waals surface area contributed by atoms with E-state index in [1.54, 1.807) is 0 Å². The molecule has 0 atom stereocenters. The summed E-state index contributed by atoms with van der Waals surface area (Å²) in [5.74, 6) is 0.430. The molecule has 0 fully saturated rings. The molecule has 2 rings (SSSR count). The first kappa shape index (κ1) is 6.87. The molecule has 0 unspecified atom stereocenters.